The number of rotatable bonds is 7. The molecule has 1 aromatic rings. The van der Waals surface area contributed by atoms with Crippen LogP contribution >= 0.6 is 0 Å². The monoisotopic (exact) mass is 233 g/mol. The zero-order chi connectivity index (χ0) is 12.1. The van der Waals surface area contributed by atoms with Gasteiger partial charge in [-0.3, -0.25) is 0 Å². The van der Waals surface area contributed by atoms with Crippen molar-refractivity contribution in [1.82, 2.24) is 5.32 Å². The number of benzene rings is 1. The highest BCUT2D eigenvalue weighted by Crippen LogP contribution is 2.42. The average molecular weight is 233 g/mol. The Bertz CT molecular complexity index is 329. The standard InChI is InChI=1S/C15H23NO/c1-12-3-5-13(6-4-12)15(14-7-8-14)11-16-9-10-17-2/h3-6,14-16H,7-11H2,1-2H3. The fraction of sp³-hybridized carbons (Fsp3) is 0.600. The lowest BCUT2D eigenvalue weighted by Crippen LogP contribution is -2.26. The quantitative estimate of drug-likeness (QED) is 0.731. The second-order valence-electron chi connectivity index (χ2n) is 5.05. The summed E-state index contributed by atoms with van der Waals surface area (Å²) < 4.78 is 5.06. The highest BCUT2D eigenvalue weighted by Gasteiger charge is 2.31. The third-order valence-corrected chi connectivity index (χ3v) is 3.54. The molecule has 0 bridgehead atoms. The molecule has 2 heteroatoms. The van der Waals surface area contributed by atoms with Crippen LogP contribution in [0.5, 0.6) is 0 Å². The van der Waals surface area contributed by atoms with Gasteiger partial charge in [-0.15, -0.1) is 0 Å². The smallest absolute Gasteiger partial charge is 0.0587 e. The van der Waals surface area contributed by atoms with Gasteiger partial charge in [0, 0.05) is 20.2 Å². The maximum atomic E-state index is 5.06. The van der Waals surface area contributed by atoms with Crippen molar-refractivity contribution in [3.05, 3.63) is 35.4 Å². The van der Waals surface area contributed by atoms with E-state index in [9.17, 15) is 0 Å². The number of hydrogen-bond donors (Lipinski definition) is 1. The highest BCUT2D eigenvalue weighted by atomic mass is 16.5. The maximum Gasteiger partial charge on any atom is 0.0587 e. The van der Waals surface area contributed by atoms with Crippen LogP contribution in [0.3, 0.4) is 0 Å². The van der Waals surface area contributed by atoms with E-state index in [2.05, 4.69) is 36.5 Å². The van der Waals surface area contributed by atoms with E-state index in [4.69, 9.17) is 4.74 Å². The lowest BCUT2D eigenvalue weighted by atomic mass is 9.93. The van der Waals surface area contributed by atoms with Crippen LogP contribution in [0.4, 0.5) is 0 Å². The van der Waals surface area contributed by atoms with Gasteiger partial charge in [0.05, 0.1) is 6.61 Å². The summed E-state index contributed by atoms with van der Waals surface area (Å²) in [7, 11) is 1.75. The van der Waals surface area contributed by atoms with Crippen molar-refractivity contribution in [1.29, 1.82) is 0 Å². The van der Waals surface area contributed by atoms with Crippen LogP contribution in [0, 0.1) is 12.8 Å². The zero-order valence-electron chi connectivity index (χ0n) is 10.9. The molecule has 0 aromatic heterocycles. The van der Waals surface area contributed by atoms with Crippen LogP contribution in [-0.4, -0.2) is 26.8 Å². The number of methoxy groups -OCH3 is 1. The van der Waals surface area contributed by atoms with Crippen molar-refractivity contribution in [3.8, 4) is 0 Å². The van der Waals surface area contributed by atoms with Gasteiger partial charge < -0.3 is 10.1 Å². The van der Waals surface area contributed by atoms with Crippen LogP contribution in [0.2, 0.25) is 0 Å². The molecule has 0 amide bonds. The predicted octanol–water partition coefficient (Wildman–Crippen LogP) is 2.72. The molecule has 1 aliphatic rings. The van der Waals surface area contributed by atoms with Gasteiger partial charge in [0.15, 0.2) is 0 Å². The summed E-state index contributed by atoms with van der Waals surface area (Å²) in [6.45, 7) is 4.97. The lowest BCUT2D eigenvalue weighted by molar-refractivity contribution is 0.198. The van der Waals surface area contributed by atoms with Crippen molar-refractivity contribution >= 4 is 0 Å². The Hall–Kier alpha value is -0.860. The topological polar surface area (TPSA) is 21.3 Å². The van der Waals surface area contributed by atoms with E-state index in [1.54, 1.807) is 7.11 Å². The molecule has 0 saturated heterocycles. The molecular formula is C15H23NO. The minimum absolute atomic E-state index is 0.687. The van der Waals surface area contributed by atoms with Gasteiger partial charge in [-0.05, 0) is 37.2 Å². The molecule has 0 aliphatic heterocycles. The third-order valence-electron chi connectivity index (χ3n) is 3.54. The molecular weight excluding hydrogens is 210 g/mol. The van der Waals surface area contributed by atoms with Crippen LogP contribution in [0.25, 0.3) is 0 Å². The van der Waals surface area contributed by atoms with Crippen LogP contribution in [0.1, 0.15) is 29.9 Å². The molecule has 1 saturated carbocycles. The van der Waals surface area contributed by atoms with E-state index in [-0.39, 0.29) is 0 Å². The Kier molecular flexibility index (Phi) is 4.57. The average Bonchev–Trinajstić information content (AvgIpc) is 3.15. The second-order valence-corrected chi connectivity index (χ2v) is 5.05. The van der Waals surface area contributed by atoms with Gasteiger partial charge in [0.1, 0.15) is 0 Å². The van der Waals surface area contributed by atoms with Crippen molar-refractivity contribution in [3.63, 3.8) is 0 Å². The summed E-state index contributed by atoms with van der Waals surface area (Å²) in [5.41, 5.74) is 2.83. The molecule has 0 radical (unpaired) electrons. The van der Waals surface area contributed by atoms with Gasteiger partial charge in [-0.2, -0.15) is 0 Å². The molecule has 17 heavy (non-hydrogen) atoms. The first-order valence-electron chi connectivity index (χ1n) is 6.57. The molecule has 1 aromatic carbocycles. The Balaban J connectivity index is 1.90. The Morgan fingerprint density at radius 2 is 2.00 bits per heavy atom. The normalized spacial score (nSPS) is 17.1. The number of hydrogen-bond acceptors (Lipinski definition) is 2. The lowest BCUT2D eigenvalue weighted by Gasteiger charge is -2.17. The number of nitrogens with one attached hydrogen (secondary N) is 1. The van der Waals surface area contributed by atoms with Crippen molar-refractivity contribution in [2.24, 2.45) is 5.92 Å². The van der Waals surface area contributed by atoms with Gasteiger partial charge in [-0.25, -0.2) is 0 Å². The molecule has 2 nitrogen and oxygen atoms in total. The molecule has 1 N–H and O–H groups in total. The summed E-state index contributed by atoms with van der Waals surface area (Å²) >= 11 is 0. The maximum absolute atomic E-state index is 5.06. The molecule has 1 unspecified atom stereocenters. The number of aryl methyl sites for hydroxylation is 1. The Morgan fingerprint density at radius 3 is 2.59 bits per heavy atom. The molecule has 94 valence electrons. The Labute approximate surface area is 104 Å². The van der Waals surface area contributed by atoms with Crippen molar-refractivity contribution in [2.45, 2.75) is 25.7 Å². The van der Waals surface area contributed by atoms with E-state index in [0.29, 0.717) is 5.92 Å². The first kappa shape index (κ1) is 12.6. The molecule has 2 rings (SSSR count). The fourth-order valence-electron chi connectivity index (χ4n) is 2.30. The molecule has 1 aliphatic carbocycles. The van der Waals surface area contributed by atoms with Gasteiger partial charge in [-0.1, -0.05) is 29.8 Å². The minimum Gasteiger partial charge on any atom is -0.383 e. The van der Waals surface area contributed by atoms with E-state index in [0.717, 1.165) is 25.6 Å². The molecule has 0 spiro atoms. The third kappa shape index (κ3) is 3.83. The summed E-state index contributed by atoms with van der Waals surface area (Å²) in [4.78, 5) is 0. The number of ether oxygens (including phenoxy) is 1. The van der Waals surface area contributed by atoms with E-state index < -0.39 is 0 Å². The van der Waals surface area contributed by atoms with Gasteiger partial charge in [0.2, 0.25) is 0 Å². The molecule has 1 atom stereocenters. The van der Waals surface area contributed by atoms with E-state index >= 15 is 0 Å². The Morgan fingerprint density at radius 1 is 1.29 bits per heavy atom. The van der Waals surface area contributed by atoms with Crippen molar-refractivity contribution < 1.29 is 4.74 Å². The first-order chi connectivity index (χ1) is 8.31. The zero-order valence-corrected chi connectivity index (χ0v) is 10.9. The second kappa shape index (κ2) is 6.18. The first-order valence-corrected chi connectivity index (χ1v) is 6.57. The minimum atomic E-state index is 0.687. The predicted molar refractivity (Wildman–Crippen MR) is 71.4 cm³/mol. The summed E-state index contributed by atoms with van der Waals surface area (Å²) in [5, 5.41) is 3.50. The summed E-state index contributed by atoms with van der Waals surface area (Å²) in [6.07, 6.45) is 2.79. The highest BCUT2D eigenvalue weighted by molar-refractivity contribution is 5.26. The van der Waals surface area contributed by atoms with Crippen LogP contribution in [-0.2, 0) is 4.74 Å². The van der Waals surface area contributed by atoms with E-state index in [1.165, 1.54) is 24.0 Å². The van der Waals surface area contributed by atoms with Crippen LogP contribution < -0.4 is 5.32 Å². The van der Waals surface area contributed by atoms with Crippen LogP contribution in [0.15, 0.2) is 24.3 Å². The van der Waals surface area contributed by atoms with Gasteiger partial charge in [0.25, 0.3) is 0 Å². The largest absolute Gasteiger partial charge is 0.383 e. The van der Waals surface area contributed by atoms with Crippen molar-refractivity contribution in [2.75, 3.05) is 26.8 Å². The van der Waals surface area contributed by atoms with E-state index in [1.807, 2.05) is 0 Å². The fourth-order valence-corrected chi connectivity index (χ4v) is 2.30. The molecule has 1 fully saturated rings. The van der Waals surface area contributed by atoms with Gasteiger partial charge >= 0.3 is 0 Å². The summed E-state index contributed by atoms with van der Waals surface area (Å²) in [6, 6.07) is 9.02. The summed E-state index contributed by atoms with van der Waals surface area (Å²) in [5.74, 6) is 1.58. The SMILES string of the molecule is COCCNCC(c1ccc(C)cc1)C1CC1. The molecule has 0 heterocycles.